The molecule has 0 saturated carbocycles. The number of benzene rings is 1. The summed E-state index contributed by atoms with van der Waals surface area (Å²) in [4.78, 5) is 21.4. The highest BCUT2D eigenvalue weighted by atomic mass is 16.2. The lowest BCUT2D eigenvalue weighted by atomic mass is 10.1. The van der Waals surface area contributed by atoms with Gasteiger partial charge in [-0.1, -0.05) is 37.3 Å². The Morgan fingerprint density at radius 2 is 1.81 bits per heavy atom. The van der Waals surface area contributed by atoms with E-state index >= 15 is 0 Å². The minimum atomic E-state index is -0.0102. The number of anilines is 1. The highest BCUT2D eigenvalue weighted by Crippen LogP contribution is 2.13. The molecule has 2 aromatic rings. The van der Waals surface area contributed by atoms with Gasteiger partial charge in [-0.05, 0) is 37.5 Å². The fourth-order valence-corrected chi connectivity index (χ4v) is 2.97. The van der Waals surface area contributed by atoms with Crippen molar-refractivity contribution >= 4 is 11.7 Å². The van der Waals surface area contributed by atoms with Gasteiger partial charge in [0.2, 0.25) is 0 Å². The molecule has 1 aromatic carbocycles. The zero-order valence-electron chi connectivity index (χ0n) is 15.9. The van der Waals surface area contributed by atoms with Crippen molar-refractivity contribution in [1.82, 2.24) is 9.88 Å². The quantitative estimate of drug-likeness (QED) is 0.712. The topological polar surface area (TPSA) is 62.5 Å². The molecule has 2 rings (SSSR count). The van der Waals surface area contributed by atoms with Crippen LogP contribution in [0.2, 0.25) is 0 Å². The van der Waals surface area contributed by atoms with E-state index in [4.69, 9.17) is 5.73 Å². The summed E-state index contributed by atoms with van der Waals surface area (Å²) in [5.41, 5.74) is 7.54. The van der Waals surface area contributed by atoms with Gasteiger partial charge in [0, 0.05) is 38.9 Å². The molecule has 1 aromatic heterocycles. The molecular formula is C21H30N4O. The maximum absolute atomic E-state index is 12.8. The molecule has 0 radical (unpaired) electrons. The van der Waals surface area contributed by atoms with Gasteiger partial charge in [-0.15, -0.1) is 0 Å². The Labute approximate surface area is 156 Å². The van der Waals surface area contributed by atoms with Crippen molar-refractivity contribution in [2.45, 2.75) is 26.7 Å². The number of rotatable bonds is 10. The van der Waals surface area contributed by atoms with Crippen LogP contribution in [0.4, 0.5) is 5.82 Å². The summed E-state index contributed by atoms with van der Waals surface area (Å²) in [6, 6.07) is 14.0. The fraction of sp³-hybridized carbons (Fsp3) is 0.429. The van der Waals surface area contributed by atoms with Gasteiger partial charge >= 0.3 is 0 Å². The Bertz CT molecular complexity index is 657. The van der Waals surface area contributed by atoms with Crippen molar-refractivity contribution in [3.8, 4) is 0 Å². The van der Waals surface area contributed by atoms with Crippen LogP contribution in [-0.4, -0.2) is 48.5 Å². The lowest BCUT2D eigenvalue weighted by Gasteiger charge is -2.23. The molecule has 0 aliphatic rings. The average Bonchev–Trinajstić information content (AvgIpc) is 2.69. The standard InChI is InChI=1S/C21H30N4O/c1-3-14-24(4-2)20-11-10-19(17-23-20)21(26)25(16-13-22)15-12-18-8-6-5-7-9-18/h5-11,17H,3-4,12-16,22H2,1-2H3. The number of nitrogens with zero attached hydrogens (tertiary/aromatic N) is 3. The van der Waals surface area contributed by atoms with Crippen molar-refractivity contribution in [3.63, 3.8) is 0 Å². The number of amides is 1. The van der Waals surface area contributed by atoms with Crippen LogP contribution in [-0.2, 0) is 6.42 Å². The van der Waals surface area contributed by atoms with E-state index in [1.807, 2.05) is 35.2 Å². The summed E-state index contributed by atoms with van der Waals surface area (Å²) in [6.07, 6.45) is 3.57. The third-order valence-electron chi connectivity index (χ3n) is 4.39. The highest BCUT2D eigenvalue weighted by molar-refractivity contribution is 5.94. The first kappa shape index (κ1) is 19.9. The second-order valence-electron chi connectivity index (χ2n) is 6.30. The van der Waals surface area contributed by atoms with Crippen molar-refractivity contribution in [2.24, 2.45) is 5.73 Å². The molecule has 140 valence electrons. The molecule has 1 amide bonds. The molecular weight excluding hydrogens is 324 g/mol. The van der Waals surface area contributed by atoms with Gasteiger partial charge < -0.3 is 15.5 Å². The lowest BCUT2D eigenvalue weighted by molar-refractivity contribution is 0.0761. The van der Waals surface area contributed by atoms with Gasteiger partial charge in [0.05, 0.1) is 5.56 Å². The predicted octanol–water partition coefficient (Wildman–Crippen LogP) is 2.96. The summed E-state index contributed by atoms with van der Waals surface area (Å²) in [7, 11) is 0. The number of hydrogen-bond acceptors (Lipinski definition) is 4. The van der Waals surface area contributed by atoms with Gasteiger partial charge in [0.25, 0.3) is 5.91 Å². The minimum absolute atomic E-state index is 0.0102. The van der Waals surface area contributed by atoms with Gasteiger partial charge in [-0.2, -0.15) is 0 Å². The summed E-state index contributed by atoms with van der Waals surface area (Å²) >= 11 is 0. The van der Waals surface area contributed by atoms with Crippen molar-refractivity contribution < 1.29 is 4.79 Å². The molecule has 0 fully saturated rings. The molecule has 0 saturated heterocycles. The van der Waals surface area contributed by atoms with Gasteiger partial charge in [0.15, 0.2) is 0 Å². The molecule has 5 heteroatoms. The Morgan fingerprint density at radius 1 is 1.04 bits per heavy atom. The third-order valence-corrected chi connectivity index (χ3v) is 4.39. The third kappa shape index (κ3) is 5.56. The predicted molar refractivity (Wildman–Crippen MR) is 108 cm³/mol. The summed E-state index contributed by atoms with van der Waals surface area (Å²) in [5.74, 6) is 0.907. The summed E-state index contributed by atoms with van der Waals surface area (Å²) in [6.45, 7) is 7.79. The van der Waals surface area contributed by atoms with E-state index in [2.05, 4.69) is 35.9 Å². The summed E-state index contributed by atoms with van der Waals surface area (Å²) in [5, 5.41) is 0. The second-order valence-corrected chi connectivity index (χ2v) is 6.30. The number of aromatic nitrogens is 1. The van der Waals surface area contributed by atoms with Crippen LogP contribution in [0.15, 0.2) is 48.7 Å². The number of carbonyl (C=O) groups is 1. The minimum Gasteiger partial charge on any atom is -0.357 e. The van der Waals surface area contributed by atoms with Gasteiger partial charge in [-0.3, -0.25) is 4.79 Å². The molecule has 0 unspecified atom stereocenters. The van der Waals surface area contributed by atoms with E-state index in [-0.39, 0.29) is 5.91 Å². The van der Waals surface area contributed by atoms with E-state index in [1.165, 1.54) is 5.56 Å². The lowest BCUT2D eigenvalue weighted by Crippen LogP contribution is -2.37. The smallest absolute Gasteiger partial charge is 0.255 e. The average molecular weight is 354 g/mol. The Hall–Kier alpha value is -2.40. The second kappa shape index (κ2) is 10.6. The fourth-order valence-electron chi connectivity index (χ4n) is 2.97. The van der Waals surface area contributed by atoms with Crippen LogP contribution < -0.4 is 10.6 Å². The number of nitrogens with two attached hydrogens (primary N) is 1. The Kier molecular flexibility index (Phi) is 8.09. The first-order valence-corrected chi connectivity index (χ1v) is 9.43. The Balaban J connectivity index is 2.05. The van der Waals surface area contributed by atoms with Crippen LogP contribution >= 0.6 is 0 Å². The largest absolute Gasteiger partial charge is 0.357 e. The van der Waals surface area contributed by atoms with Crippen molar-refractivity contribution in [2.75, 3.05) is 37.6 Å². The van der Waals surface area contributed by atoms with Crippen LogP contribution in [0.1, 0.15) is 36.2 Å². The van der Waals surface area contributed by atoms with Gasteiger partial charge in [-0.25, -0.2) is 4.98 Å². The monoisotopic (exact) mass is 354 g/mol. The molecule has 2 N–H and O–H groups in total. The molecule has 26 heavy (non-hydrogen) atoms. The molecule has 0 bridgehead atoms. The van der Waals surface area contributed by atoms with E-state index < -0.39 is 0 Å². The van der Waals surface area contributed by atoms with Crippen LogP contribution in [0.25, 0.3) is 0 Å². The zero-order chi connectivity index (χ0) is 18.8. The molecule has 0 aliphatic heterocycles. The van der Waals surface area contributed by atoms with E-state index in [1.54, 1.807) is 6.20 Å². The summed E-state index contributed by atoms with van der Waals surface area (Å²) < 4.78 is 0. The zero-order valence-corrected chi connectivity index (χ0v) is 15.9. The first-order valence-electron chi connectivity index (χ1n) is 9.43. The van der Waals surface area contributed by atoms with Crippen molar-refractivity contribution in [3.05, 3.63) is 59.8 Å². The molecule has 0 atom stereocenters. The van der Waals surface area contributed by atoms with Crippen LogP contribution in [0, 0.1) is 0 Å². The SMILES string of the molecule is CCCN(CC)c1ccc(C(=O)N(CCN)CCc2ccccc2)cn1. The van der Waals surface area contributed by atoms with Crippen LogP contribution in [0.5, 0.6) is 0 Å². The maximum Gasteiger partial charge on any atom is 0.255 e. The molecule has 0 spiro atoms. The number of carbonyl (C=O) groups excluding carboxylic acids is 1. The van der Waals surface area contributed by atoms with E-state index in [9.17, 15) is 4.79 Å². The normalized spacial score (nSPS) is 10.6. The Morgan fingerprint density at radius 3 is 2.38 bits per heavy atom. The van der Waals surface area contributed by atoms with E-state index in [0.717, 1.165) is 31.7 Å². The van der Waals surface area contributed by atoms with Gasteiger partial charge in [0.1, 0.15) is 5.82 Å². The maximum atomic E-state index is 12.8. The highest BCUT2D eigenvalue weighted by Gasteiger charge is 2.16. The van der Waals surface area contributed by atoms with E-state index in [0.29, 0.717) is 25.2 Å². The number of pyridine rings is 1. The number of hydrogen-bond donors (Lipinski definition) is 1. The molecule has 1 heterocycles. The molecule has 5 nitrogen and oxygen atoms in total. The van der Waals surface area contributed by atoms with Crippen molar-refractivity contribution in [1.29, 1.82) is 0 Å². The van der Waals surface area contributed by atoms with Crippen LogP contribution in [0.3, 0.4) is 0 Å². The first-order chi connectivity index (χ1) is 12.7. The molecule has 0 aliphatic carbocycles.